The minimum absolute atomic E-state index is 0.0283. The van der Waals surface area contributed by atoms with Crippen LogP contribution in [0.4, 0.5) is 0 Å². The predicted molar refractivity (Wildman–Crippen MR) is 439 cm³/mol. The second-order valence-electron chi connectivity index (χ2n) is 26.6. The Balaban J connectivity index is -0.000000221. The van der Waals surface area contributed by atoms with Crippen molar-refractivity contribution in [1.82, 2.24) is 0 Å². The van der Waals surface area contributed by atoms with Crippen LogP contribution in [-0.4, -0.2) is 192 Å². The molecule has 0 aromatic rings. The van der Waals surface area contributed by atoms with Crippen LogP contribution < -0.4 is 0 Å². The Labute approximate surface area is 698 Å². The lowest BCUT2D eigenvalue weighted by Gasteiger charge is -2.19. The van der Waals surface area contributed by atoms with Gasteiger partial charge in [-0.05, 0) is 184 Å². The molecule has 0 spiro atoms. The summed E-state index contributed by atoms with van der Waals surface area (Å²) in [4.78, 5) is 156. The van der Waals surface area contributed by atoms with Crippen LogP contribution in [0.1, 0.15) is 190 Å². The van der Waals surface area contributed by atoms with Gasteiger partial charge in [0.05, 0.1) is 48.3 Å². The molecule has 108 heavy (non-hydrogen) atoms. The molecule has 0 aliphatic carbocycles. The number of unbranched alkanes of at least 4 members (excludes halogenated alkanes) is 4. The molecule has 0 saturated heterocycles. The Bertz CT molecular complexity index is 2940. The van der Waals surface area contributed by atoms with E-state index in [0.29, 0.717) is 79.1 Å². The fourth-order valence-electron chi connectivity index (χ4n) is 4.73. The largest absolute Gasteiger partial charge is 0.465 e. The Morgan fingerprint density at radius 1 is 0.287 bits per heavy atom. The third-order valence-electron chi connectivity index (χ3n) is 11.3. The van der Waals surface area contributed by atoms with Crippen molar-refractivity contribution in [2.75, 3.05) is 72.7 Å². The van der Waals surface area contributed by atoms with Crippen LogP contribution in [-0.2, 0) is 124 Å². The number of rotatable bonds is 40. The van der Waals surface area contributed by atoms with Gasteiger partial charge in [-0.1, -0.05) is 158 Å². The smallest absolute Gasteiger partial charge is 0.333 e. The van der Waals surface area contributed by atoms with E-state index in [1.54, 1.807) is 132 Å². The zero-order valence-corrected chi connectivity index (χ0v) is 77.7. The Hall–Kier alpha value is -5.48. The molecule has 0 rings (SSSR count). The average molecular weight is 1990 g/mol. The highest BCUT2D eigenvalue weighted by Crippen LogP contribution is 2.23. The number of hydrogen-bond acceptors (Lipinski definition) is 26. The van der Waals surface area contributed by atoms with Crippen LogP contribution in [0, 0.1) is 0 Å². The molecule has 0 amide bonds. The molecule has 0 bridgehead atoms. The van der Waals surface area contributed by atoms with E-state index in [1.165, 1.54) is 13.8 Å². The van der Waals surface area contributed by atoms with Crippen LogP contribution in [0.3, 0.4) is 0 Å². The number of carbonyl (C=O) groups is 14. The number of carbonyl (C=O) groups excluding carboxylic acids is 14. The lowest BCUT2D eigenvalue weighted by atomic mass is 10.1. The molecule has 0 N–H and O–H groups in total. The lowest BCUT2D eigenvalue weighted by molar-refractivity contribution is -0.157. The molecule has 0 aliphatic rings. The summed E-state index contributed by atoms with van der Waals surface area (Å²) in [5.74, 6) is -5.26. The van der Waals surface area contributed by atoms with Crippen molar-refractivity contribution in [2.45, 2.75) is 227 Å². The summed E-state index contributed by atoms with van der Waals surface area (Å²) in [5.41, 5.74) is 2.00. The molecule has 0 fully saturated rings. The minimum atomic E-state index is -0.736. The quantitative estimate of drug-likeness (QED) is 0.0181. The summed E-state index contributed by atoms with van der Waals surface area (Å²) in [6.45, 7) is 60.4. The van der Waals surface area contributed by atoms with Crippen LogP contribution in [0.2, 0.25) is 0 Å². The first-order chi connectivity index (χ1) is 48.8. The number of halogens is 7. The van der Waals surface area contributed by atoms with Crippen LogP contribution in [0.25, 0.3) is 0 Å². The normalized spacial score (nSPS) is 11.1. The number of ketones is 2. The molecule has 0 aromatic heterocycles. The van der Waals surface area contributed by atoms with Gasteiger partial charge < -0.3 is 56.8 Å². The molecule has 33 heteroatoms. The number of esters is 12. The van der Waals surface area contributed by atoms with Crippen molar-refractivity contribution >= 4 is 195 Å². The lowest BCUT2D eigenvalue weighted by Crippen LogP contribution is -2.32. The van der Waals surface area contributed by atoms with E-state index in [0.717, 1.165) is 31.8 Å². The maximum atomic E-state index is 11.4. The molecule has 0 radical (unpaired) electrons. The second-order valence-corrected chi connectivity index (χ2v) is 40.5. The molecule has 620 valence electrons. The van der Waals surface area contributed by atoms with E-state index in [2.05, 4.69) is 167 Å². The van der Waals surface area contributed by atoms with E-state index in [-0.39, 0.29) is 81.7 Å². The first-order valence-corrected chi connectivity index (χ1v) is 38.9. The van der Waals surface area contributed by atoms with E-state index < -0.39 is 84.1 Å². The molecule has 0 saturated carbocycles. The maximum Gasteiger partial charge on any atom is 0.333 e. The predicted octanol–water partition coefficient (Wildman–Crippen LogP) is 15.5. The third kappa shape index (κ3) is 73.3. The first-order valence-electron chi connectivity index (χ1n) is 33.3. The van der Waals surface area contributed by atoms with Gasteiger partial charge >= 0.3 is 71.6 Å². The van der Waals surface area contributed by atoms with E-state index in [1.807, 2.05) is 0 Å². The SMILES string of the molecule is C=C(C)C(=O)OCC(=O)C(C)(C)Br.C=C(C)C(=O)OCC(=O)C(C)(C)Br.C=C(C)C(=O)OCC(C)OC(=O)C(C)(C)Br.C=C(C)C(=O)OCCCCCCOC(=O)C(C)(C)Br.C=C(C)C(=O)OCCCOC(=O)C(C)(C)Br.C=C(C)C(=O)OCCOC(=O)C(C)(C)Br.C=CC(=O)OCCCCOC(=O)C(C)(C)Br. The zero-order chi connectivity index (χ0) is 86.5. The molecule has 26 nitrogen and oxygen atoms in total. The number of Topliss-reactive ketones (excluding diaryl/α,β-unsaturated/α-hetero) is 2. The first kappa shape index (κ1) is 116. The highest BCUT2D eigenvalue weighted by atomic mass is 79.9. The summed E-state index contributed by atoms with van der Waals surface area (Å²) in [7, 11) is 0. The van der Waals surface area contributed by atoms with Gasteiger partial charge in [0.2, 0.25) is 0 Å². The summed E-state index contributed by atoms with van der Waals surface area (Å²) >= 11 is 22.3. The fourth-order valence-corrected chi connectivity index (χ4v) is 5.51. The maximum absolute atomic E-state index is 11.4. The van der Waals surface area contributed by atoms with Crippen molar-refractivity contribution in [3.8, 4) is 0 Å². The summed E-state index contributed by atoms with van der Waals surface area (Å²) < 4.78 is 53.7. The molecule has 0 aliphatic heterocycles. The van der Waals surface area contributed by atoms with Gasteiger partial charge in [0.25, 0.3) is 0 Å². The number of hydrogen-bond donors (Lipinski definition) is 0. The van der Waals surface area contributed by atoms with Crippen molar-refractivity contribution in [3.63, 3.8) is 0 Å². The van der Waals surface area contributed by atoms with E-state index >= 15 is 0 Å². The van der Waals surface area contributed by atoms with Gasteiger partial charge in [-0.3, -0.25) is 33.6 Å². The molecule has 0 aromatic carbocycles. The van der Waals surface area contributed by atoms with Gasteiger partial charge in [-0.2, -0.15) is 0 Å². The topological polar surface area (TPSA) is 350 Å². The fraction of sp³-hybridized carbons (Fsp3) is 0.627. The van der Waals surface area contributed by atoms with Gasteiger partial charge in [0.15, 0.2) is 24.8 Å². The molecule has 1 unspecified atom stereocenters. The Kier molecular flexibility index (Phi) is 64.6. The molecule has 0 heterocycles. The van der Waals surface area contributed by atoms with Crippen LogP contribution in [0.5, 0.6) is 0 Å². The van der Waals surface area contributed by atoms with Crippen molar-refractivity contribution in [3.05, 3.63) is 85.6 Å². The van der Waals surface area contributed by atoms with Crippen LogP contribution in [0.15, 0.2) is 85.6 Å². The summed E-state index contributed by atoms with van der Waals surface area (Å²) in [5, 5.41) is 0. The van der Waals surface area contributed by atoms with Gasteiger partial charge in [-0.15, -0.1) is 0 Å². The monoisotopic (exact) mass is 1980 g/mol. The second kappa shape index (κ2) is 60.2. The summed E-state index contributed by atoms with van der Waals surface area (Å²) in [6.07, 6.45) is 5.97. The standard InChI is InChI=1S/C14H23BrO4.3C11H17BrO4.C10H15BrO4.2C9H13BrO3/c1-11(2)12(16)18-9-7-5-6-8-10-19-13(17)14(3,4)15;1-7(2)9(13)15-6-8(3)16-10(14)11(4,5)12;1-8(2)9(13)15-6-5-7-16-10(14)11(3,4)12;1-4-9(13)15-7-5-6-8-16-10(14)11(2,3)12;1-7(2)8(12)14-5-6-15-9(13)10(3,4)11;2*1-6(2)8(12)13-5-7(11)9(3,4)10/h1,5-10H2,2-4H3;8H,1,6H2,2-5H3;1,5-7H2,2-4H3;4H,1,5-8H2,2-3H3;1,5-6H2,2-4H3;2*1,5H2,2-4H3. The van der Waals surface area contributed by atoms with Crippen molar-refractivity contribution < 1.29 is 124 Å². The van der Waals surface area contributed by atoms with Crippen molar-refractivity contribution in [1.29, 1.82) is 0 Å². The Morgan fingerprint density at radius 2 is 0.500 bits per heavy atom. The Morgan fingerprint density at radius 3 is 0.769 bits per heavy atom. The summed E-state index contributed by atoms with van der Waals surface area (Å²) in [6, 6.07) is 0. The van der Waals surface area contributed by atoms with Gasteiger partial charge in [0, 0.05) is 45.9 Å². The van der Waals surface area contributed by atoms with Crippen molar-refractivity contribution in [2.24, 2.45) is 0 Å². The van der Waals surface area contributed by atoms with Gasteiger partial charge in [-0.25, -0.2) is 33.6 Å². The van der Waals surface area contributed by atoms with E-state index in [4.69, 9.17) is 47.4 Å². The molecular formula is C75H115Br7O26. The molecule has 1 atom stereocenters. The van der Waals surface area contributed by atoms with Crippen LogP contribution >= 0.6 is 112 Å². The highest BCUT2D eigenvalue weighted by molar-refractivity contribution is 9.11. The number of alkyl halides is 7. The van der Waals surface area contributed by atoms with Gasteiger partial charge in [0.1, 0.15) is 47.5 Å². The molecular weight excluding hydrogens is 1880 g/mol. The number of ether oxygens (including phenoxy) is 12. The highest BCUT2D eigenvalue weighted by Gasteiger charge is 2.31. The zero-order valence-electron chi connectivity index (χ0n) is 66.6. The third-order valence-corrected chi connectivity index (χ3v) is 13.8. The average Bonchev–Trinajstić information content (AvgIpc) is 0.957. The van der Waals surface area contributed by atoms with E-state index in [9.17, 15) is 67.1 Å². The minimum Gasteiger partial charge on any atom is -0.465 e.